The number of carbonyl (C=O) groups excluding carboxylic acids is 1. The Kier molecular flexibility index (Phi) is 3.56. The van der Waals surface area contributed by atoms with Gasteiger partial charge in [-0.3, -0.25) is 4.79 Å². The smallest absolute Gasteiger partial charge is 0.223 e. The number of rotatable bonds is 3. The van der Waals surface area contributed by atoms with E-state index >= 15 is 0 Å². The van der Waals surface area contributed by atoms with Crippen molar-refractivity contribution in [2.24, 2.45) is 5.92 Å². The van der Waals surface area contributed by atoms with Crippen LogP contribution in [0.1, 0.15) is 24.0 Å². The molecule has 1 aromatic rings. The van der Waals surface area contributed by atoms with Crippen LogP contribution >= 0.6 is 0 Å². The predicted molar refractivity (Wildman–Crippen MR) is 76.0 cm³/mol. The van der Waals surface area contributed by atoms with Gasteiger partial charge in [-0.05, 0) is 36.8 Å². The zero-order valence-electron chi connectivity index (χ0n) is 11.6. The summed E-state index contributed by atoms with van der Waals surface area (Å²) < 4.78 is 0. The van der Waals surface area contributed by atoms with E-state index in [1.54, 1.807) is 0 Å². The van der Waals surface area contributed by atoms with Crippen LogP contribution in [0.3, 0.4) is 0 Å². The molecule has 2 fully saturated rings. The lowest BCUT2D eigenvalue weighted by molar-refractivity contribution is -0.131. The predicted octanol–water partition coefficient (Wildman–Crippen LogP) is 1.75. The number of nitrogens with zero attached hydrogens (tertiary/aromatic N) is 1. The third-order valence-electron chi connectivity index (χ3n) is 4.64. The molecule has 0 saturated carbocycles. The van der Waals surface area contributed by atoms with E-state index in [0.29, 0.717) is 24.3 Å². The van der Waals surface area contributed by atoms with Crippen molar-refractivity contribution in [2.45, 2.75) is 32.2 Å². The van der Waals surface area contributed by atoms with Crippen molar-refractivity contribution in [1.82, 2.24) is 10.2 Å². The van der Waals surface area contributed by atoms with Gasteiger partial charge in [-0.15, -0.1) is 0 Å². The Bertz CT molecular complexity index is 472. The lowest BCUT2D eigenvalue weighted by atomic mass is 10.0. The first-order valence-corrected chi connectivity index (χ1v) is 7.30. The molecule has 3 heteroatoms. The minimum absolute atomic E-state index is 0.333. The first-order valence-electron chi connectivity index (χ1n) is 7.30. The molecule has 0 bridgehead atoms. The summed E-state index contributed by atoms with van der Waals surface area (Å²) >= 11 is 0. The molecule has 3 rings (SSSR count). The third kappa shape index (κ3) is 2.52. The van der Waals surface area contributed by atoms with Crippen LogP contribution in [0.5, 0.6) is 0 Å². The maximum Gasteiger partial charge on any atom is 0.223 e. The molecule has 2 atom stereocenters. The molecule has 2 aliphatic rings. The van der Waals surface area contributed by atoms with Gasteiger partial charge in [0.1, 0.15) is 0 Å². The van der Waals surface area contributed by atoms with E-state index in [0.717, 1.165) is 26.1 Å². The lowest BCUT2D eigenvalue weighted by Crippen LogP contribution is -2.39. The molecule has 2 aliphatic heterocycles. The van der Waals surface area contributed by atoms with Crippen molar-refractivity contribution >= 4 is 5.91 Å². The van der Waals surface area contributed by atoms with Gasteiger partial charge in [0.25, 0.3) is 0 Å². The van der Waals surface area contributed by atoms with E-state index in [4.69, 9.17) is 0 Å². The number of benzene rings is 1. The van der Waals surface area contributed by atoms with Gasteiger partial charge in [0.2, 0.25) is 5.91 Å². The monoisotopic (exact) mass is 258 g/mol. The first-order chi connectivity index (χ1) is 9.25. The van der Waals surface area contributed by atoms with Crippen LogP contribution in [0.15, 0.2) is 24.3 Å². The minimum Gasteiger partial charge on any atom is -0.338 e. The van der Waals surface area contributed by atoms with Gasteiger partial charge in [0.05, 0.1) is 0 Å². The van der Waals surface area contributed by atoms with Crippen LogP contribution < -0.4 is 5.32 Å². The summed E-state index contributed by atoms with van der Waals surface area (Å²) in [6.07, 6.45) is 2.69. The number of carbonyl (C=O) groups is 1. The molecular weight excluding hydrogens is 236 g/mol. The highest BCUT2D eigenvalue weighted by Crippen LogP contribution is 2.27. The molecule has 0 radical (unpaired) electrons. The summed E-state index contributed by atoms with van der Waals surface area (Å²) in [6, 6.07) is 8.82. The largest absolute Gasteiger partial charge is 0.338 e. The second-order valence-electron chi connectivity index (χ2n) is 5.79. The second kappa shape index (κ2) is 5.33. The van der Waals surface area contributed by atoms with Gasteiger partial charge in [-0.25, -0.2) is 0 Å². The Morgan fingerprint density at radius 3 is 3.05 bits per heavy atom. The number of likely N-dealkylation sites (tertiary alicyclic amines) is 1. The molecule has 0 aliphatic carbocycles. The fraction of sp³-hybridized carbons (Fsp3) is 0.562. The molecule has 1 aromatic carbocycles. The van der Waals surface area contributed by atoms with Gasteiger partial charge in [-0.1, -0.05) is 24.3 Å². The van der Waals surface area contributed by atoms with E-state index in [2.05, 4.69) is 41.4 Å². The van der Waals surface area contributed by atoms with E-state index in [-0.39, 0.29) is 0 Å². The normalized spacial score (nSPS) is 25.6. The molecule has 2 heterocycles. The Hall–Kier alpha value is -1.35. The summed E-state index contributed by atoms with van der Waals surface area (Å²) in [7, 11) is 0. The van der Waals surface area contributed by atoms with Gasteiger partial charge in [0, 0.05) is 32.1 Å². The van der Waals surface area contributed by atoms with Gasteiger partial charge >= 0.3 is 0 Å². The summed E-state index contributed by atoms with van der Waals surface area (Å²) in [5.41, 5.74) is 2.59. The quantitative estimate of drug-likeness (QED) is 0.896. The van der Waals surface area contributed by atoms with Crippen molar-refractivity contribution in [3.8, 4) is 0 Å². The third-order valence-corrected chi connectivity index (χ3v) is 4.64. The average Bonchev–Trinajstić information content (AvgIpc) is 2.99. The van der Waals surface area contributed by atoms with Crippen molar-refractivity contribution in [3.63, 3.8) is 0 Å². The zero-order chi connectivity index (χ0) is 13.2. The first kappa shape index (κ1) is 12.7. The van der Waals surface area contributed by atoms with Crippen LogP contribution in [0.4, 0.5) is 0 Å². The van der Waals surface area contributed by atoms with Crippen LogP contribution in [0, 0.1) is 12.8 Å². The lowest BCUT2D eigenvalue weighted by Gasteiger charge is -2.23. The van der Waals surface area contributed by atoms with Crippen molar-refractivity contribution in [1.29, 1.82) is 0 Å². The van der Waals surface area contributed by atoms with Gasteiger partial charge in [0.15, 0.2) is 0 Å². The molecular formula is C16H22N2O. The van der Waals surface area contributed by atoms with E-state index < -0.39 is 0 Å². The molecule has 0 spiro atoms. The van der Waals surface area contributed by atoms with Crippen LogP contribution in [0.2, 0.25) is 0 Å². The Balaban J connectivity index is 1.58. The van der Waals surface area contributed by atoms with Gasteiger partial charge in [-0.2, -0.15) is 0 Å². The maximum atomic E-state index is 12.4. The SMILES string of the molecule is Cc1ccccc1CCC(=O)N1CC[C@H]2CNC[C@H]21. The maximum absolute atomic E-state index is 12.4. The highest BCUT2D eigenvalue weighted by Gasteiger charge is 2.39. The zero-order valence-corrected chi connectivity index (χ0v) is 11.6. The molecule has 2 saturated heterocycles. The van der Waals surface area contributed by atoms with Crippen LogP contribution in [0.25, 0.3) is 0 Å². The Labute approximate surface area is 115 Å². The molecule has 1 N–H and O–H groups in total. The number of amides is 1. The summed E-state index contributed by atoms with van der Waals surface area (Å²) in [5, 5.41) is 3.40. The molecule has 102 valence electrons. The molecule has 0 aromatic heterocycles. The summed E-state index contributed by atoms with van der Waals surface area (Å²) in [4.78, 5) is 14.5. The summed E-state index contributed by atoms with van der Waals surface area (Å²) in [6.45, 7) is 5.16. The Morgan fingerprint density at radius 2 is 2.21 bits per heavy atom. The number of fused-ring (bicyclic) bond motifs is 1. The number of nitrogens with one attached hydrogen (secondary N) is 1. The highest BCUT2D eigenvalue weighted by atomic mass is 16.2. The fourth-order valence-electron chi connectivity index (χ4n) is 3.43. The Morgan fingerprint density at radius 1 is 1.37 bits per heavy atom. The topological polar surface area (TPSA) is 32.3 Å². The summed E-state index contributed by atoms with van der Waals surface area (Å²) in [5.74, 6) is 1.03. The van der Waals surface area contributed by atoms with Crippen LogP contribution in [-0.4, -0.2) is 36.5 Å². The van der Waals surface area contributed by atoms with Gasteiger partial charge < -0.3 is 10.2 Å². The van der Waals surface area contributed by atoms with Crippen molar-refractivity contribution in [3.05, 3.63) is 35.4 Å². The number of hydrogen-bond donors (Lipinski definition) is 1. The highest BCUT2D eigenvalue weighted by molar-refractivity contribution is 5.77. The van der Waals surface area contributed by atoms with E-state index in [1.807, 2.05) is 0 Å². The number of aryl methyl sites for hydroxylation is 2. The number of hydrogen-bond acceptors (Lipinski definition) is 2. The molecule has 1 amide bonds. The standard InChI is InChI=1S/C16H22N2O/c1-12-4-2-3-5-13(12)6-7-16(19)18-9-8-14-10-17-11-15(14)18/h2-5,14-15,17H,6-11H2,1H3/t14-,15+/m0/s1. The average molecular weight is 258 g/mol. The minimum atomic E-state index is 0.333. The van der Waals surface area contributed by atoms with E-state index in [1.165, 1.54) is 17.5 Å². The van der Waals surface area contributed by atoms with E-state index in [9.17, 15) is 4.79 Å². The molecule has 3 nitrogen and oxygen atoms in total. The fourth-order valence-corrected chi connectivity index (χ4v) is 3.43. The van der Waals surface area contributed by atoms with Crippen molar-refractivity contribution < 1.29 is 4.79 Å². The second-order valence-corrected chi connectivity index (χ2v) is 5.79. The molecule has 19 heavy (non-hydrogen) atoms. The van der Waals surface area contributed by atoms with Crippen molar-refractivity contribution in [2.75, 3.05) is 19.6 Å². The molecule has 0 unspecified atom stereocenters. The van der Waals surface area contributed by atoms with Crippen LogP contribution in [-0.2, 0) is 11.2 Å².